The predicted molar refractivity (Wildman–Crippen MR) is 118 cm³/mol. The van der Waals surface area contributed by atoms with Crippen molar-refractivity contribution in [2.75, 3.05) is 0 Å². The Hall–Kier alpha value is -3.07. The van der Waals surface area contributed by atoms with Crippen molar-refractivity contribution in [3.63, 3.8) is 0 Å². The summed E-state index contributed by atoms with van der Waals surface area (Å²) in [5, 5.41) is 8.73. The molecule has 6 heteroatoms. The Bertz CT molecular complexity index is 1100. The minimum absolute atomic E-state index is 0.0398. The summed E-state index contributed by atoms with van der Waals surface area (Å²) in [7, 11) is 0. The zero-order chi connectivity index (χ0) is 23.5. The van der Waals surface area contributed by atoms with Crippen molar-refractivity contribution in [3.8, 4) is 11.8 Å². The SMILES string of the molecule is C/C=C/C1CCC2CC(c3ccc(C(=O)Oc4cc(F)c(C#N)c(F)c4)cc3F)CCC2C1. The summed E-state index contributed by atoms with van der Waals surface area (Å²) in [5.41, 5.74) is -0.187. The number of nitrogens with zero attached hydrogens (tertiary/aromatic N) is 1. The van der Waals surface area contributed by atoms with E-state index in [4.69, 9.17) is 10.00 Å². The maximum atomic E-state index is 15.0. The molecule has 0 saturated heterocycles. The van der Waals surface area contributed by atoms with Crippen LogP contribution in [0.15, 0.2) is 42.5 Å². The molecule has 0 radical (unpaired) electrons. The molecular formula is C27H26F3NO2. The van der Waals surface area contributed by atoms with Gasteiger partial charge in [0.15, 0.2) is 0 Å². The summed E-state index contributed by atoms with van der Waals surface area (Å²) in [4.78, 5) is 12.4. The third kappa shape index (κ3) is 4.98. The Morgan fingerprint density at radius 1 is 1.00 bits per heavy atom. The fraction of sp³-hybridized carbons (Fsp3) is 0.407. The number of allylic oxidation sites excluding steroid dienone is 2. The van der Waals surface area contributed by atoms with Crippen LogP contribution in [-0.2, 0) is 0 Å². The summed E-state index contributed by atoms with van der Waals surface area (Å²) in [6, 6.07) is 7.17. The van der Waals surface area contributed by atoms with E-state index < -0.39 is 29.0 Å². The second-order valence-electron chi connectivity index (χ2n) is 9.13. The minimum Gasteiger partial charge on any atom is -0.423 e. The topological polar surface area (TPSA) is 50.1 Å². The van der Waals surface area contributed by atoms with Crippen LogP contribution in [0.4, 0.5) is 13.2 Å². The summed E-state index contributed by atoms with van der Waals surface area (Å²) in [6.07, 6.45) is 11.0. The number of benzene rings is 2. The van der Waals surface area contributed by atoms with Crippen LogP contribution in [0.25, 0.3) is 0 Å². The van der Waals surface area contributed by atoms with E-state index in [0.717, 1.165) is 37.5 Å². The van der Waals surface area contributed by atoms with Gasteiger partial charge in [-0.2, -0.15) is 5.26 Å². The Labute approximate surface area is 191 Å². The molecule has 4 rings (SSSR count). The molecule has 0 N–H and O–H groups in total. The van der Waals surface area contributed by atoms with Gasteiger partial charge in [0, 0.05) is 12.1 Å². The van der Waals surface area contributed by atoms with Gasteiger partial charge in [-0.05, 0) is 86.8 Å². The number of rotatable bonds is 4. The Morgan fingerprint density at radius 3 is 2.36 bits per heavy atom. The van der Waals surface area contributed by atoms with Crippen molar-refractivity contribution in [2.45, 2.75) is 51.4 Å². The number of halogens is 3. The number of hydrogen-bond acceptors (Lipinski definition) is 3. The smallest absolute Gasteiger partial charge is 0.343 e. The van der Waals surface area contributed by atoms with Gasteiger partial charge < -0.3 is 4.74 Å². The van der Waals surface area contributed by atoms with Gasteiger partial charge in [0.05, 0.1) is 5.56 Å². The Balaban J connectivity index is 1.43. The molecule has 0 aromatic heterocycles. The van der Waals surface area contributed by atoms with Gasteiger partial charge in [-0.25, -0.2) is 18.0 Å². The molecule has 0 amide bonds. The first kappa shape index (κ1) is 23.1. The molecule has 3 nitrogen and oxygen atoms in total. The number of hydrogen-bond donors (Lipinski definition) is 0. The van der Waals surface area contributed by atoms with Gasteiger partial charge in [0.1, 0.15) is 34.8 Å². The highest BCUT2D eigenvalue weighted by atomic mass is 19.1. The first-order chi connectivity index (χ1) is 15.9. The van der Waals surface area contributed by atoms with Gasteiger partial charge in [-0.15, -0.1) is 0 Å². The lowest BCUT2D eigenvalue weighted by molar-refractivity contribution is 0.0733. The molecule has 2 aliphatic rings. The van der Waals surface area contributed by atoms with E-state index in [1.165, 1.54) is 31.4 Å². The van der Waals surface area contributed by atoms with Gasteiger partial charge in [0.2, 0.25) is 0 Å². The van der Waals surface area contributed by atoms with Gasteiger partial charge in [0.25, 0.3) is 0 Å². The summed E-state index contributed by atoms with van der Waals surface area (Å²) < 4.78 is 47.5. The van der Waals surface area contributed by atoms with Gasteiger partial charge in [-0.1, -0.05) is 18.2 Å². The van der Waals surface area contributed by atoms with Crippen molar-refractivity contribution in [3.05, 3.63) is 76.6 Å². The minimum atomic E-state index is -1.13. The summed E-state index contributed by atoms with van der Waals surface area (Å²) in [5.74, 6) is -1.94. The van der Waals surface area contributed by atoms with Crippen LogP contribution in [0.3, 0.4) is 0 Å². The Kier molecular flexibility index (Phi) is 6.88. The quantitative estimate of drug-likeness (QED) is 0.283. The first-order valence-electron chi connectivity index (χ1n) is 11.4. The fourth-order valence-electron chi connectivity index (χ4n) is 5.52. The number of fused-ring (bicyclic) bond motifs is 1. The van der Waals surface area contributed by atoms with E-state index >= 15 is 0 Å². The predicted octanol–water partition coefficient (Wildman–Crippen LogP) is 7.07. The molecule has 0 heterocycles. The maximum absolute atomic E-state index is 15.0. The normalized spacial score (nSPS) is 24.8. The van der Waals surface area contributed by atoms with Gasteiger partial charge >= 0.3 is 5.97 Å². The van der Waals surface area contributed by atoms with E-state index in [9.17, 15) is 18.0 Å². The van der Waals surface area contributed by atoms with Crippen LogP contribution in [-0.4, -0.2) is 5.97 Å². The third-order valence-corrected chi connectivity index (χ3v) is 7.13. The Morgan fingerprint density at radius 2 is 1.70 bits per heavy atom. The first-order valence-corrected chi connectivity index (χ1v) is 11.4. The molecular weight excluding hydrogens is 427 g/mol. The monoisotopic (exact) mass is 453 g/mol. The highest BCUT2D eigenvalue weighted by molar-refractivity contribution is 5.91. The fourth-order valence-corrected chi connectivity index (χ4v) is 5.52. The molecule has 2 aromatic rings. The average Bonchev–Trinajstić information content (AvgIpc) is 2.78. The van der Waals surface area contributed by atoms with Crippen LogP contribution in [0.1, 0.15) is 72.9 Å². The van der Waals surface area contributed by atoms with Crippen LogP contribution in [0, 0.1) is 46.5 Å². The van der Waals surface area contributed by atoms with Crippen LogP contribution < -0.4 is 4.74 Å². The molecule has 2 fully saturated rings. The van der Waals surface area contributed by atoms with Gasteiger partial charge in [-0.3, -0.25) is 0 Å². The van der Waals surface area contributed by atoms with E-state index in [-0.39, 0.29) is 17.2 Å². The van der Waals surface area contributed by atoms with Crippen LogP contribution >= 0.6 is 0 Å². The number of carbonyl (C=O) groups excluding carboxylic acids is 1. The molecule has 33 heavy (non-hydrogen) atoms. The number of nitriles is 1. The summed E-state index contributed by atoms with van der Waals surface area (Å²) in [6.45, 7) is 2.06. The lowest BCUT2D eigenvalue weighted by Crippen LogP contribution is -2.30. The van der Waals surface area contributed by atoms with E-state index in [0.29, 0.717) is 23.3 Å². The lowest BCUT2D eigenvalue weighted by Gasteiger charge is -2.41. The molecule has 2 aliphatic carbocycles. The van der Waals surface area contributed by atoms with Crippen molar-refractivity contribution in [2.24, 2.45) is 17.8 Å². The van der Waals surface area contributed by atoms with Crippen LogP contribution in [0.5, 0.6) is 5.75 Å². The molecule has 2 aromatic carbocycles. The standard InChI is InChI=1S/C27H26F3NO2/c1-2-3-16-4-5-18-11-19(7-6-17(18)10-16)22-9-8-20(12-24(22)28)27(32)33-21-13-25(29)23(15-31)26(30)14-21/h2-3,8-9,12-14,16-19H,4-7,10-11H2,1H3/b3-2+. The highest BCUT2D eigenvalue weighted by Gasteiger charge is 2.36. The largest absolute Gasteiger partial charge is 0.423 e. The molecule has 2 saturated carbocycles. The number of carbonyl (C=O) groups is 1. The van der Waals surface area contributed by atoms with Crippen molar-refractivity contribution >= 4 is 5.97 Å². The number of esters is 1. The molecule has 0 spiro atoms. The zero-order valence-electron chi connectivity index (χ0n) is 18.5. The summed E-state index contributed by atoms with van der Waals surface area (Å²) >= 11 is 0. The second kappa shape index (κ2) is 9.82. The molecule has 4 atom stereocenters. The van der Waals surface area contributed by atoms with Crippen LogP contribution in [0.2, 0.25) is 0 Å². The highest BCUT2D eigenvalue weighted by Crippen LogP contribution is 2.48. The molecule has 0 bridgehead atoms. The third-order valence-electron chi connectivity index (χ3n) is 7.13. The van der Waals surface area contributed by atoms with E-state index in [2.05, 4.69) is 19.1 Å². The van der Waals surface area contributed by atoms with Crippen molar-refractivity contribution in [1.82, 2.24) is 0 Å². The van der Waals surface area contributed by atoms with E-state index in [1.54, 1.807) is 6.07 Å². The average molecular weight is 454 g/mol. The zero-order valence-corrected chi connectivity index (χ0v) is 18.5. The lowest BCUT2D eigenvalue weighted by atomic mass is 9.64. The molecule has 0 aliphatic heterocycles. The number of ether oxygens (including phenoxy) is 1. The second-order valence-corrected chi connectivity index (χ2v) is 9.13. The van der Waals surface area contributed by atoms with Crippen molar-refractivity contribution in [1.29, 1.82) is 5.26 Å². The molecule has 4 unspecified atom stereocenters. The van der Waals surface area contributed by atoms with Crippen molar-refractivity contribution < 1.29 is 22.7 Å². The molecule has 172 valence electrons. The van der Waals surface area contributed by atoms with E-state index in [1.807, 2.05) is 0 Å². The maximum Gasteiger partial charge on any atom is 0.343 e.